The molecular formula is C21H28N4O4S2. The van der Waals surface area contributed by atoms with Crippen molar-refractivity contribution in [2.24, 2.45) is 0 Å². The number of nitrogens with zero attached hydrogens (tertiary/aromatic N) is 3. The third-order valence-corrected chi connectivity index (χ3v) is 8.23. The topological polar surface area (TPSA) is 90.0 Å². The van der Waals surface area contributed by atoms with Crippen LogP contribution in [0, 0.1) is 13.8 Å². The van der Waals surface area contributed by atoms with Gasteiger partial charge in [-0.05, 0) is 38.1 Å². The van der Waals surface area contributed by atoms with Crippen molar-refractivity contribution >= 4 is 38.9 Å². The summed E-state index contributed by atoms with van der Waals surface area (Å²) < 4.78 is 27.4. The van der Waals surface area contributed by atoms with Crippen molar-refractivity contribution in [3.05, 3.63) is 45.6 Å². The molecule has 2 heterocycles. The lowest BCUT2D eigenvalue weighted by atomic mass is 10.2. The van der Waals surface area contributed by atoms with E-state index in [1.807, 2.05) is 18.7 Å². The van der Waals surface area contributed by atoms with E-state index in [-0.39, 0.29) is 18.4 Å². The summed E-state index contributed by atoms with van der Waals surface area (Å²) in [6, 6.07) is 8.54. The van der Waals surface area contributed by atoms with E-state index in [0.717, 1.165) is 9.75 Å². The molecule has 1 N–H and O–H groups in total. The molecule has 0 atom stereocenters. The number of hydrogen-bond donors (Lipinski definition) is 1. The third-order valence-electron chi connectivity index (χ3n) is 5.11. The number of thiophene rings is 1. The van der Waals surface area contributed by atoms with Gasteiger partial charge in [0.2, 0.25) is 15.9 Å². The Kier molecular flexibility index (Phi) is 7.15. The van der Waals surface area contributed by atoms with Crippen LogP contribution in [0.3, 0.4) is 0 Å². The Morgan fingerprint density at radius 2 is 1.77 bits per heavy atom. The first-order chi connectivity index (χ1) is 14.6. The Hall–Kier alpha value is -2.27. The van der Waals surface area contributed by atoms with E-state index in [4.69, 9.17) is 0 Å². The molecule has 1 fully saturated rings. The van der Waals surface area contributed by atoms with Crippen molar-refractivity contribution in [2.75, 3.05) is 52.1 Å². The van der Waals surface area contributed by atoms with E-state index in [2.05, 4.69) is 5.32 Å². The van der Waals surface area contributed by atoms with Gasteiger partial charge >= 0.3 is 0 Å². The first-order valence-electron chi connectivity index (χ1n) is 9.99. The van der Waals surface area contributed by atoms with Gasteiger partial charge in [-0.25, -0.2) is 8.42 Å². The van der Waals surface area contributed by atoms with Crippen molar-refractivity contribution in [2.45, 2.75) is 18.7 Å². The second kappa shape index (κ2) is 9.47. The molecule has 1 aliphatic rings. The van der Waals surface area contributed by atoms with E-state index >= 15 is 0 Å². The molecule has 1 aromatic heterocycles. The summed E-state index contributed by atoms with van der Waals surface area (Å²) in [4.78, 5) is 30.1. The van der Waals surface area contributed by atoms with Gasteiger partial charge < -0.3 is 10.2 Å². The van der Waals surface area contributed by atoms with Gasteiger partial charge in [-0.2, -0.15) is 4.31 Å². The minimum absolute atomic E-state index is 0.135. The number of sulfonamides is 1. The van der Waals surface area contributed by atoms with Gasteiger partial charge in [0.05, 0.1) is 11.4 Å². The number of hydrogen-bond acceptors (Lipinski definition) is 6. The first-order valence-corrected chi connectivity index (χ1v) is 12.2. The van der Waals surface area contributed by atoms with E-state index in [0.29, 0.717) is 42.3 Å². The monoisotopic (exact) mass is 464 g/mol. The van der Waals surface area contributed by atoms with Crippen LogP contribution in [0.2, 0.25) is 0 Å². The fourth-order valence-corrected chi connectivity index (χ4v) is 6.47. The highest BCUT2D eigenvalue weighted by atomic mass is 32.2. The second-order valence-corrected chi connectivity index (χ2v) is 11.2. The van der Waals surface area contributed by atoms with Crippen molar-refractivity contribution in [3.63, 3.8) is 0 Å². The summed E-state index contributed by atoms with van der Waals surface area (Å²) >= 11 is 1.48. The zero-order valence-electron chi connectivity index (χ0n) is 18.2. The van der Waals surface area contributed by atoms with Crippen LogP contribution in [0.4, 0.5) is 5.69 Å². The molecule has 2 aromatic rings. The molecule has 1 aliphatic heterocycles. The van der Waals surface area contributed by atoms with Crippen molar-refractivity contribution in [1.29, 1.82) is 0 Å². The molecule has 31 heavy (non-hydrogen) atoms. The molecule has 0 aliphatic carbocycles. The highest BCUT2D eigenvalue weighted by Gasteiger charge is 2.31. The Morgan fingerprint density at radius 1 is 1.10 bits per heavy atom. The largest absolute Gasteiger partial charge is 0.345 e. The maximum atomic E-state index is 12.9. The zero-order chi connectivity index (χ0) is 22.8. The molecule has 0 bridgehead atoms. The van der Waals surface area contributed by atoms with Gasteiger partial charge in [0, 0.05) is 61.3 Å². The Morgan fingerprint density at radius 3 is 2.35 bits per heavy atom. The number of carbonyl (C=O) groups excluding carboxylic acids is 2. The van der Waals surface area contributed by atoms with Crippen LogP contribution in [0.25, 0.3) is 0 Å². The van der Waals surface area contributed by atoms with Gasteiger partial charge in [0.1, 0.15) is 0 Å². The zero-order valence-corrected chi connectivity index (χ0v) is 19.8. The molecule has 0 saturated carbocycles. The van der Waals surface area contributed by atoms with Crippen molar-refractivity contribution < 1.29 is 18.0 Å². The molecular weight excluding hydrogens is 436 g/mol. The Labute approximate surface area is 187 Å². The van der Waals surface area contributed by atoms with Gasteiger partial charge in [-0.3, -0.25) is 14.5 Å². The summed E-state index contributed by atoms with van der Waals surface area (Å²) in [6.45, 7) is 5.54. The predicted molar refractivity (Wildman–Crippen MR) is 122 cm³/mol. The van der Waals surface area contributed by atoms with Crippen LogP contribution >= 0.6 is 11.3 Å². The van der Waals surface area contributed by atoms with E-state index in [1.54, 1.807) is 44.4 Å². The highest BCUT2D eigenvalue weighted by Crippen LogP contribution is 2.28. The fourth-order valence-electron chi connectivity index (χ4n) is 3.52. The van der Waals surface area contributed by atoms with Crippen LogP contribution in [0.1, 0.15) is 20.1 Å². The van der Waals surface area contributed by atoms with Crippen LogP contribution in [-0.2, 0) is 14.8 Å². The minimum atomic E-state index is -3.51. The lowest BCUT2D eigenvalue weighted by Crippen LogP contribution is -2.50. The van der Waals surface area contributed by atoms with Crippen molar-refractivity contribution in [1.82, 2.24) is 14.1 Å². The summed E-state index contributed by atoms with van der Waals surface area (Å²) in [6.07, 6.45) is 0. The fraction of sp³-hybridized carbons (Fsp3) is 0.429. The van der Waals surface area contributed by atoms with Crippen molar-refractivity contribution in [3.8, 4) is 0 Å². The molecule has 8 nitrogen and oxygen atoms in total. The molecule has 10 heteroatoms. The van der Waals surface area contributed by atoms with Crippen LogP contribution in [-0.4, -0.2) is 81.2 Å². The van der Waals surface area contributed by atoms with Gasteiger partial charge in [0.15, 0.2) is 0 Å². The molecule has 168 valence electrons. The predicted octanol–water partition coefficient (Wildman–Crippen LogP) is 2.01. The van der Waals surface area contributed by atoms with Gasteiger partial charge in [-0.1, -0.05) is 6.07 Å². The summed E-state index contributed by atoms with van der Waals surface area (Å²) in [5.41, 5.74) is 1.06. The molecule has 0 radical (unpaired) electrons. The number of aryl methyl sites for hydroxylation is 2. The Balaban J connectivity index is 1.55. The van der Waals surface area contributed by atoms with Gasteiger partial charge in [0.25, 0.3) is 5.91 Å². The molecule has 3 rings (SSSR count). The smallest absolute Gasteiger partial charge is 0.253 e. The second-order valence-electron chi connectivity index (χ2n) is 7.79. The maximum absolute atomic E-state index is 12.9. The molecule has 1 aromatic carbocycles. The number of amides is 2. The molecule has 2 amide bonds. The van der Waals surface area contributed by atoms with E-state index in [1.165, 1.54) is 20.5 Å². The third kappa shape index (κ3) is 5.51. The van der Waals surface area contributed by atoms with Crippen LogP contribution < -0.4 is 5.32 Å². The summed E-state index contributed by atoms with van der Waals surface area (Å²) in [5, 5.41) is 2.82. The lowest BCUT2D eigenvalue weighted by molar-refractivity contribution is -0.117. The number of benzene rings is 1. The summed E-state index contributed by atoms with van der Waals surface area (Å²) in [7, 11) is -0.162. The van der Waals surface area contributed by atoms with Crippen LogP contribution in [0.5, 0.6) is 0 Å². The SMILES string of the molecule is Cc1cc(S(=O)(=O)N2CCN(CC(=O)Nc3cccc(C(=O)N(C)C)c3)CC2)c(C)s1. The average molecular weight is 465 g/mol. The Bertz CT molecular complexity index is 1070. The highest BCUT2D eigenvalue weighted by molar-refractivity contribution is 7.89. The lowest BCUT2D eigenvalue weighted by Gasteiger charge is -2.33. The first kappa shape index (κ1) is 23.4. The average Bonchev–Trinajstić information content (AvgIpc) is 3.06. The normalized spacial score (nSPS) is 15.6. The minimum Gasteiger partial charge on any atom is -0.345 e. The standard InChI is InChI=1S/C21H28N4O4S2/c1-15-12-19(16(2)30-15)31(28,29)25-10-8-24(9-11-25)14-20(26)22-18-7-5-6-17(13-18)21(27)23(3)4/h5-7,12-13H,8-11,14H2,1-4H3,(H,22,26). The number of nitrogens with one attached hydrogen (secondary N) is 1. The maximum Gasteiger partial charge on any atom is 0.253 e. The van der Waals surface area contributed by atoms with E-state index in [9.17, 15) is 18.0 Å². The summed E-state index contributed by atoms with van der Waals surface area (Å²) in [5.74, 6) is -0.334. The molecule has 1 saturated heterocycles. The van der Waals surface area contributed by atoms with Crippen LogP contribution in [0.15, 0.2) is 35.2 Å². The molecule has 0 spiro atoms. The van der Waals surface area contributed by atoms with Gasteiger partial charge in [-0.15, -0.1) is 11.3 Å². The number of carbonyl (C=O) groups is 2. The molecule has 0 unspecified atom stereocenters. The number of piperazine rings is 1. The van der Waals surface area contributed by atoms with E-state index < -0.39 is 10.0 Å². The number of rotatable bonds is 6. The number of anilines is 1. The quantitative estimate of drug-likeness (QED) is 0.706.